The van der Waals surface area contributed by atoms with Crippen molar-refractivity contribution >= 4 is 77.2 Å². The number of thiazole rings is 1. The Morgan fingerprint density at radius 3 is 1.38 bits per heavy atom. The number of benzene rings is 9. The van der Waals surface area contributed by atoms with E-state index < -0.39 is 0 Å². The molecular formula is C51H35N3S. The largest absolute Gasteiger partial charge is 0.310 e. The fourth-order valence-corrected chi connectivity index (χ4v) is 8.80. The lowest BCUT2D eigenvalue weighted by Crippen LogP contribution is -2.13. The Bertz CT molecular complexity index is 2810. The monoisotopic (exact) mass is 721 g/mol. The number of hydrogen-bond acceptors (Lipinski definition) is 4. The molecule has 55 heavy (non-hydrogen) atoms. The molecule has 9 aromatic carbocycles. The molecule has 0 spiro atoms. The maximum atomic E-state index is 5.29. The zero-order valence-electron chi connectivity index (χ0n) is 30.0. The maximum Gasteiger partial charge on any atom is 0.124 e. The quantitative estimate of drug-likeness (QED) is 0.146. The summed E-state index contributed by atoms with van der Waals surface area (Å²) >= 11 is 1.77. The molecule has 1 aromatic heterocycles. The van der Waals surface area contributed by atoms with Crippen molar-refractivity contribution < 1.29 is 0 Å². The number of rotatable bonds is 8. The van der Waals surface area contributed by atoms with Crippen LogP contribution in [-0.2, 0) is 0 Å². The summed E-state index contributed by atoms with van der Waals surface area (Å²) in [5, 5.41) is 5.97. The summed E-state index contributed by atoms with van der Waals surface area (Å²) in [6, 6.07) is 75.6. The summed E-state index contributed by atoms with van der Waals surface area (Å²) < 4.78 is 1.23. The number of fused-ring (bicyclic) bond motifs is 6. The van der Waals surface area contributed by atoms with Crippen molar-refractivity contribution in [3.05, 3.63) is 212 Å². The summed E-state index contributed by atoms with van der Waals surface area (Å²) in [5.41, 5.74) is 11.0. The minimum absolute atomic E-state index is 1.02. The van der Waals surface area contributed by atoms with E-state index in [2.05, 4.69) is 222 Å². The van der Waals surface area contributed by atoms with Crippen molar-refractivity contribution in [2.45, 2.75) is 0 Å². The minimum Gasteiger partial charge on any atom is -0.310 e. The second-order valence-corrected chi connectivity index (χ2v) is 14.6. The number of nitrogens with zero attached hydrogens (tertiary/aromatic N) is 3. The normalized spacial score (nSPS) is 11.3. The lowest BCUT2D eigenvalue weighted by atomic mass is 10.0. The van der Waals surface area contributed by atoms with Crippen molar-refractivity contribution in [3.63, 3.8) is 0 Å². The first-order valence-corrected chi connectivity index (χ1v) is 19.4. The van der Waals surface area contributed by atoms with Gasteiger partial charge >= 0.3 is 0 Å². The molecule has 0 aliphatic carbocycles. The fourth-order valence-electron chi connectivity index (χ4n) is 7.68. The number of anilines is 6. The Morgan fingerprint density at radius 2 is 0.745 bits per heavy atom. The molecule has 0 atom stereocenters. The van der Waals surface area contributed by atoms with Crippen LogP contribution < -0.4 is 9.80 Å². The standard InChI is InChI=1S/C51H35N3S/c1-4-16-36(17-5-1)38-18-14-23-42(34-38)54(44-25-15-24-43(35-44)53(39-19-6-2-7-20-39)40-21-8-3-9-22-40)41-32-30-37(31-33-41)51-52-49-47-28-12-10-26-45(47)46-27-11-13-29-48(46)50(49)55-51/h1-35H. The van der Waals surface area contributed by atoms with Gasteiger partial charge in [0.1, 0.15) is 5.01 Å². The molecule has 0 N–H and O–H groups in total. The van der Waals surface area contributed by atoms with Gasteiger partial charge in [-0.15, -0.1) is 11.3 Å². The third-order valence-electron chi connectivity index (χ3n) is 10.2. The highest BCUT2D eigenvalue weighted by atomic mass is 32.1. The minimum atomic E-state index is 1.02. The van der Waals surface area contributed by atoms with Crippen LogP contribution in [0.25, 0.3) is 53.5 Å². The molecule has 0 radical (unpaired) electrons. The van der Waals surface area contributed by atoms with Gasteiger partial charge in [-0.05, 0) is 101 Å². The molecule has 0 aliphatic heterocycles. The molecule has 0 saturated heterocycles. The summed E-state index contributed by atoms with van der Waals surface area (Å²) in [4.78, 5) is 9.95. The van der Waals surface area contributed by atoms with E-state index in [9.17, 15) is 0 Å². The first-order chi connectivity index (χ1) is 27.3. The van der Waals surface area contributed by atoms with E-state index in [0.29, 0.717) is 0 Å². The maximum absolute atomic E-state index is 5.29. The predicted molar refractivity (Wildman–Crippen MR) is 235 cm³/mol. The van der Waals surface area contributed by atoms with Gasteiger partial charge in [0, 0.05) is 50.5 Å². The third kappa shape index (κ3) is 6.09. The van der Waals surface area contributed by atoms with E-state index in [-0.39, 0.29) is 0 Å². The van der Waals surface area contributed by atoms with Crippen molar-refractivity contribution in [2.24, 2.45) is 0 Å². The molecule has 0 fully saturated rings. The Kier molecular flexibility index (Phi) is 8.36. The second-order valence-electron chi connectivity index (χ2n) is 13.6. The Hall–Kier alpha value is -7.01. The van der Waals surface area contributed by atoms with Crippen LogP contribution in [0.1, 0.15) is 0 Å². The van der Waals surface area contributed by atoms with Crippen LogP contribution in [0, 0.1) is 0 Å². The third-order valence-corrected chi connectivity index (χ3v) is 11.4. The van der Waals surface area contributed by atoms with E-state index in [4.69, 9.17) is 4.98 Å². The van der Waals surface area contributed by atoms with Gasteiger partial charge in [0.2, 0.25) is 0 Å². The topological polar surface area (TPSA) is 19.4 Å². The Balaban J connectivity index is 1.10. The lowest BCUT2D eigenvalue weighted by Gasteiger charge is -2.29. The average molecular weight is 722 g/mol. The van der Waals surface area contributed by atoms with Gasteiger partial charge in [-0.25, -0.2) is 4.98 Å². The molecule has 4 heteroatoms. The lowest BCUT2D eigenvalue weighted by molar-refractivity contribution is 1.25. The van der Waals surface area contributed by atoms with E-state index >= 15 is 0 Å². The Labute approximate surface area is 324 Å². The van der Waals surface area contributed by atoms with Crippen LogP contribution in [0.15, 0.2) is 212 Å². The zero-order valence-corrected chi connectivity index (χ0v) is 30.8. The molecule has 260 valence electrons. The Morgan fingerprint density at radius 1 is 0.309 bits per heavy atom. The number of hydrogen-bond donors (Lipinski definition) is 0. The first kappa shape index (κ1) is 32.6. The van der Waals surface area contributed by atoms with Crippen LogP contribution in [0.4, 0.5) is 34.1 Å². The molecule has 0 unspecified atom stereocenters. The molecule has 0 saturated carbocycles. The second kappa shape index (κ2) is 14.1. The van der Waals surface area contributed by atoms with Crippen LogP contribution in [-0.4, -0.2) is 4.98 Å². The van der Waals surface area contributed by atoms with Gasteiger partial charge in [0.05, 0.1) is 10.2 Å². The van der Waals surface area contributed by atoms with Gasteiger partial charge in [-0.1, -0.05) is 133 Å². The van der Waals surface area contributed by atoms with Crippen LogP contribution in [0.3, 0.4) is 0 Å². The molecule has 0 amide bonds. The summed E-state index contributed by atoms with van der Waals surface area (Å²) in [5.74, 6) is 0. The van der Waals surface area contributed by atoms with Crippen molar-refractivity contribution in [1.29, 1.82) is 0 Å². The summed E-state index contributed by atoms with van der Waals surface area (Å²) in [7, 11) is 0. The van der Waals surface area contributed by atoms with Gasteiger partial charge < -0.3 is 9.80 Å². The highest BCUT2D eigenvalue weighted by Crippen LogP contribution is 2.44. The van der Waals surface area contributed by atoms with Gasteiger partial charge in [-0.2, -0.15) is 0 Å². The number of para-hydroxylation sites is 2. The first-order valence-electron chi connectivity index (χ1n) is 18.5. The average Bonchev–Trinajstić information content (AvgIpc) is 3.72. The molecule has 3 nitrogen and oxygen atoms in total. The van der Waals surface area contributed by atoms with E-state index in [0.717, 1.165) is 50.2 Å². The predicted octanol–water partition coefficient (Wildman–Crippen LogP) is 14.9. The highest BCUT2D eigenvalue weighted by Gasteiger charge is 2.19. The summed E-state index contributed by atoms with van der Waals surface area (Å²) in [6.45, 7) is 0. The molecule has 1 heterocycles. The van der Waals surface area contributed by atoms with Crippen molar-refractivity contribution in [2.75, 3.05) is 9.80 Å². The summed E-state index contributed by atoms with van der Waals surface area (Å²) in [6.07, 6.45) is 0. The molecular weight excluding hydrogens is 687 g/mol. The van der Waals surface area contributed by atoms with E-state index in [1.807, 2.05) is 0 Å². The zero-order chi connectivity index (χ0) is 36.6. The molecule has 10 aromatic rings. The van der Waals surface area contributed by atoms with Crippen molar-refractivity contribution in [3.8, 4) is 21.7 Å². The molecule has 10 rings (SSSR count). The van der Waals surface area contributed by atoms with Crippen LogP contribution in [0.2, 0.25) is 0 Å². The van der Waals surface area contributed by atoms with E-state index in [1.54, 1.807) is 11.3 Å². The smallest absolute Gasteiger partial charge is 0.124 e. The molecule has 0 bridgehead atoms. The number of aromatic nitrogens is 1. The van der Waals surface area contributed by atoms with Gasteiger partial charge in [0.15, 0.2) is 0 Å². The highest BCUT2D eigenvalue weighted by molar-refractivity contribution is 7.22. The van der Waals surface area contributed by atoms with Crippen molar-refractivity contribution in [1.82, 2.24) is 4.98 Å². The molecule has 0 aliphatic rings. The van der Waals surface area contributed by atoms with Crippen LogP contribution >= 0.6 is 11.3 Å². The van der Waals surface area contributed by atoms with Gasteiger partial charge in [0.25, 0.3) is 0 Å². The SMILES string of the molecule is c1ccc(-c2cccc(N(c3ccc(-c4nc5c6ccccc6c6ccccc6c5s4)cc3)c3cccc(N(c4ccccc4)c4ccccc4)c3)c2)cc1. The van der Waals surface area contributed by atoms with Gasteiger partial charge in [-0.3, -0.25) is 0 Å². The fraction of sp³-hybridized carbons (Fsp3) is 0. The van der Waals surface area contributed by atoms with Crippen LogP contribution in [0.5, 0.6) is 0 Å². The van der Waals surface area contributed by atoms with E-state index in [1.165, 1.54) is 37.4 Å².